The number of likely N-dealkylation sites (tertiary alicyclic amines) is 2. The molecule has 2 fully saturated rings. The first kappa shape index (κ1) is 30.4. The molecule has 2 heterocycles. The molecule has 0 unspecified atom stereocenters. The molecule has 2 aliphatic heterocycles. The van der Waals surface area contributed by atoms with Crippen LogP contribution in [0.2, 0.25) is 0 Å². The summed E-state index contributed by atoms with van der Waals surface area (Å²) in [5.74, 6) is -2.99. The molecule has 1 aromatic rings. The van der Waals surface area contributed by atoms with Crippen molar-refractivity contribution < 1.29 is 46.8 Å². The van der Waals surface area contributed by atoms with E-state index in [9.17, 15) is 23.2 Å². The number of hydrogen-bond donors (Lipinski definition) is 0. The molecule has 0 N–H and O–H groups in total. The van der Waals surface area contributed by atoms with Gasteiger partial charge in [0.25, 0.3) is 5.92 Å². The maximum Gasteiger partial charge on any atom is 0.509 e. The van der Waals surface area contributed by atoms with Gasteiger partial charge in [-0.3, -0.25) is 14.6 Å². The zero-order chi connectivity index (χ0) is 29.2. The lowest BCUT2D eigenvalue weighted by atomic mass is 10.0. The van der Waals surface area contributed by atoms with Gasteiger partial charge in [0, 0.05) is 0 Å². The molecule has 2 saturated heterocycles. The van der Waals surface area contributed by atoms with Crippen LogP contribution in [0.5, 0.6) is 5.75 Å². The highest BCUT2D eigenvalue weighted by Crippen LogP contribution is 2.31. The van der Waals surface area contributed by atoms with Crippen molar-refractivity contribution >= 4 is 18.2 Å². The SMILES string of the molecule is COc1ccc(C[C@@H]2[C@H](OC(=O)CN3CC(F)(F)C3)[C@@H](OC(=O)OC(C)(C)C)CN2C(=O)OC(C)(C)C)cc1. The van der Waals surface area contributed by atoms with Crippen molar-refractivity contribution in [3.05, 3.63) is 29.8 Å². The van der Waals surface area contributed by atoms with Crippen LogP contribution in [-0.4, -0.2) is 96.7 Å². The normalized spacial score (nSPS) is 23.0. The van der Waals surface area contributed by atoms with E-state index in [4.69, 9.17) is 23.7 Å². The molecule has 0 aromatic heterocycles. The van der Waals surface area contributed by atoms with Crippen LogP contribution in [0.3, 0.4) is 0 Å². The highest BCUT2D eigenvalue weighted by Gasteiger charge is 2.51. The van der Waals surface area contributed by atoms with Gasteiger partial charge < -0.3 is 23.7 Å². The Morgan fingerprint density at radius 3 is 2.05 bits per heavy atom. The molecular formula is C27H38F2N2O8. The average molecular weight is 557 g/mol. The number of amides is 1. The maximum atomic E-state index is 13.3. The summed E-state index contributed by atoms with van der Waals surface area (Å²) in [6.07, 6.45) is -3.65. The Labute approximate surface area is 227 Å². The number of halogens is 2. The Morgan fingerprint density at radius 2 is 1.54 bits per heavy atom. The molecule has 3 atom stereocenters. The number of carbonyl (C=O) groups is 3. The highest BCUT2D eigenvalue weighted by molar-refractivity contribution is 5.73. The van der Waals surface area contributed by atoms with E-state index in [1.165, 1.54) is 16.9 Å². The van der Waals surface area contributed by atoms with Crippen LogP contribution < -0.4 is 4.74 Å². The first-order valence-corrected chi connectivity index (χ1v) is 12.8. The third kappa shape index (κ3) is 8.94. The van der Waals surface area contributed by atoms with Crippen molar-refractivity contribution in [2.45, 2.75) is 83.3 Å². The standard InChI is InChI=1S/C27H38F2N2O8/c1-25(2,3)38-23(33)31-13-20(36-24(34)39-26(4,5)6)22(37-21(32)14-30-15-27(28,29)16-30)19(31)12-17-8-10-18(35-7)11-9-17/h8-11,19-20,22H,12-16H2,1-7H3/t19-,20+,22+/m1/s1. The smallest absolute Gasteiger partial charge is 0.497 e. The average Bonchev–Trinajstić information content (AvgIpc) is 3.07. The fourth-order valence-corrected chi connectivity index (χ4v) is 4.37. The lowest BCUT2D eigenvalue weighted by molar-refractivity contribution is -0.169. The number of nitrogens with zero attached hydrogens (tertiary/aromatic N) is 2. The van der Waals surface area contributed by atoms with Crippen molar-refractivity contribution in [1.29, 1.82) is 0 Å². The van der Waals surface area contributed by atoms with Gasteiger partial charge in [0.2, 0.25) is 0 Å². The molecule has 39 heavy (non-hydrogen) atoms. The molecular weight excluding hydrogens is 518 g/mol. The summed E-state index contributed by atoms with van der Waals surface area (Å²) in [7, 11) is 1.54. The Hall–Kier alpha value is -3.15. The fourth-order valence-electron chi connectivity index (χ4n) is 4.37. The summed E-state index contributed by atoms with van der Waals surface area (Å²) < 4.78 is 53.9. The minimum Gasteiger partial charge on any atom is -0.497 e. The summed E-state index contributed by atoms with van der Waals surface area (Å²) in [6, 6.07) is 6.32. The Bertz CT molecular complexity index is 1030. The molecule has 0 spiro atoms. The van der Waals surface area contributed by atoms with Crippen molar-refractivity contribution in [2.75, 3.05) is 33.3 Å². The van der Waals surface area contributed by atoms with E-state index in [-0.39, 0.29) is 19.5 Å². The zero-order valence-electron chi connectivity index (χ0n) is 23.5. The predicted octanol–water partition coefficient (Wildman–Crippen LogP) is 4.04. The number of benzene rings is 1. The molecule has 12 heteroatoms. The Kier molecular flexibility index (Phi) is 8.99. The topological polar surface area (TPSA) is 104 Å². The predicted molar refractivity (Wildman–Crippen MR) is 136 cm³/mol. The molecule has 0 saturated carbocycles. The van der Waals surface area contributed by atoms with Gasteiger partial charge in [-0.05, 0) is 65.7 Å². The molecule has 1 amide bonds. The van der Waals surface area contributed by atoms with E-state index in [2.05, 4.69) is 0 Å². The summed E-state index contributed by atoms with van der Waals surface area (Å²) in [5, 5.41) is 0. The molecule has 0 bridgehead atoms. The molecule has 3 rings (SSSR count). The largest absolute Gasteiger partial charge is 0.509 e. The lowest BCUT2D eigenvalue weighted by Gasteiger charge is -2.38. The minimum atomic E-state index is -2.85. The number of alkyl halides is 2. The van der Waals surface area contributed by atoms with Crippen molar-refractivity contribution in [3.63, 3.8) is 0 Å². The van der Waals surface area contributed by atoms with Crippen LogP contribution in [0.15, 0.2) is 24.3 Å². The van der Waals surface area contributed by atoms with E-state index in [1.54, 1.807) is 65.8 Å². The van der Waals surface area contributed by atoms with Crippen LogP contribution in [0, 0.1) is 0 Å². The molecule has 1 aromatic carbocycles. The van der Waals surface area contributed by atoms with Gasteiger partial charge in [-0.1, -0.05) is 12.1 Å². The van der Waals surface area contributed by atoms with E-state index < -0.39 is 66.7 Å². The van der Waals surface area contributed by atoms with Crippen molar-refractivity contribution in [2.24, 2.45) is 0 Å². The van der Waals surface area contributed by atoms with Gasteiger partial charge in [0.05, 0.1) is 39.3 Å². The van der Waals surface area contributed by atoms with E-state index in [0.717, 1.165) is 5.56 Å². The van der Waals surface area contributed by atoms with E-state index >= 15 is 0 Å². The summed E-state index contributed by atoms with van der Waals surface area (Å²) in [4.78, 5) is 41.2. The second-order valence-electron chi connectivity index (χ2n) is 11.8. The maximum absolute atomic E-state index is 13.3. The quantitative estimate of drug-likeness (QED) is 0.364. The highest BCUT2D eigenvalue weighted by atomic mass is 19.3. The fraction of sp³-hybridized carbons (Fsp3) is 0.667. The lowest BCUT2D eigenvalue weighted by Crippen LogP contribution is -2.58. The Morgan fingerprint density at radius 1 is 0.949 bits per heavy atom. The summed E-state index contributed by atoms with van der Waals surface area (Å²) in [5.41, 5.74) is -0.880. The van der Waals surface area contributed by atoms with Gasteiger partial charge >= 0.3 is 18.2 Å². The van der Waals surface area contributed by atoms with Crippen molar-refractivity contribution in [1.82, 2.24) is 9.80 Å². The van der Waals surface area contributed by atoms with Gasteiger partial charge in [-0.15, -0.1) is 0 Å². The molecule has 218 valence electrons. The second kappa shape index (κ2) is 11.5. The first-order valence-electron chi connectivity index (χ1n) is 12.8. The molecule has 10 nitrogen and oxygen atoms in total. The van der Waals surface area contributed by atoms with Crippen LogP contribution in [0.25, 0.3) is 0 Å². The van der Waals surface area contributed by atoms with Crippen LogP contribution in [-0.2, 0) is 30.2 Å². The van der Waals surface area contributed by atoms with E-state index in [0.29, 0.717) is 5.75 Å². The summed E-state index contributed by atoms with van der Waals surface area (Å²) in [6.45, 7) is 8.56. The van der Waals surface area contributed by atoms with Crippen LogP contribution >= 0.6 is 0 Å². The monoisotopic (exact) mass is 556 g/mol. The number of rotatable bonds is 7. The minimum absolute atomic E-state index is 0.130. The van der Waals surface area contributed by atoms with E-state index in [1.807, 2.05) is 0 Å². The number of esters is 1. The van der Waals surface area contributed by atoms with Crippen LogP contribution in [0.1, 0.15) is 47.1 Å². The zero-order valence-corrected chi connectivity index (χ0v) is 23.5. The number of carbonyl (C=O) groups excluding carboxylic acids is 3. The number of hydrogen-bond acceptors (Lipinski definition) is 9. The Balaban J connectivity index is 1.88. The third-order valence-corrected chi connectivity index (χ3v) is 5.92. The van der Waals surface area contributed by atoms with Gasteiger partial charge in [-0.25, -0.2) is 18.4 Å². The summed E-state index contributed by atoms with van der Waals surface area (Å²) >= 11 is 0. The second-order valence-corrected chi connectivity index (χ2v) is 11.8. The number of methoxy groups -OCH3 is 1. The molecule has 0 aliphatic carbocycles. The number of ether oxygens (including phenoxy) is 5. The van der Waals surface area contributed by atoms with Gasteiger partial charge in [-0.2, -0.15) is 0 Å². The first-order chi connectivity index (χ1) is 17.9. The molecule has 2 aliphatic rings. The van der Waals surface area contributed by atoms with Gasteiger partial charge in [0.1, 0.15) is 17.0 Å². The van der Waals surface area contributed by atoms with Crippen molar-refractivity contribution in [3.8, 4) is 5.75 Å². The molecule has 0 radical (unpaired) electrons. The van der Waals surface area contributed by atoms with Gasteiger partial charge in [0.15, 0.2) is 12.2 Å². The van der Waals surface area contributed by atoms with Crippen LogP contribution in [0.4, 0.5) is 18.4 Å². The third-order valence-electron chi connectivity index (χ3n) is 5.92.